The second kappa shape index (κ2) is 6.56. The fourth-order valence-electron chi connectivity index (χ4n) is 1.66. The van der Waals surface area contributed by atoms with Gasteiger partial charge in [0.25, 0.3) is 0 Å². The van der Waals surface area contributed by atoms with Crippen molar-refractivity contribution in [1.29, 1.82) is 0 Å². The Morgan fingerprint density at radius 3 is 2.67 bits per heavy atom. The number of guanidine groups is 1. The van der Waals surface area contributed by atoms with Crippen LogP contribution in [0.4, 0.5) is 0 Å². The molecule has 1 rings (SSSR count). The third-order valence-corrected chi connectivity index (χ3v) is 2.65. The number of nitrogens with zero attached hydrogens (tertiary/aromatic N) is 3. The number of piperidine rings is 1. The fraction of sp³-hybridized carbons (Fsp3) is 0.818. The Morgan fingerprint density at radius 1 is 1.47 bits per heavy atom. The van der Waals surface area contributed by atoms with E-state index < -0.39 is 0 Å². The van der Waals surface area contributed by atoms with Gasteiger partial charge in [0.05, 0.1) is 0 Å². The van der Waals surface area contributed by atoms with Crippen molar-refractivity contribution in [2.75, 3.05) is 20.1 Å². The van der Waals surface area contributed by atoms with Crippen LogP contribution in [0.2, 0.25) is 0 Å². The van der Waals surface area contributed by atoms with E-state index in [-0.39, 0.29) is 0 Å². The molecule has 15 heavy (non-hydrogen) atoms. The first kappa shape index (κ1) is 12.2. The van der Waals surface area contributed by atoms with Crippen molar-refractivity contribution in [3.8, 4) is 0 Å². The summed E-state index contributed by atoms with van der Waals surface area (Å²) >= 11 is 0. The van der Waals surface area contributed by atoms with Gasteiger partial charge in [-0.05, 0) is 19.3 Å². The monoisotopic (exact) mass is 210 g/mol. The van der Waals surface area contributed by atoms with E-state index in [1.165, 1.54) is 0 Å². The second-order valence-electron chi connectivity index (χ2n) is 3.95. The van der Waals surface area contributed by atoms with Gasteiger partial charge in [-0.1, -0.05) is 13.3 Å². The van der Waals surface area contributed by atoms with Crippen molar-refractivity contribution in [2.24, 2.45) is 15.7 Å². The SMILES string of the molecule is CCC/C=N\C(=N/C)N1CCC(N)CC1. The Labute approximate surface area is 92.3 Å². The summed E-state index contributed by atoms with van der Waals surface area (Å²) in [5.41, 5.74) is 5.86. The minimum Gasteiger partial charge on any atom is -0.341 e. The van der Waals surface area contributed by atoms with Crippen molar-refractivity contribution in [3.05, 3.63) is 0 Å². The molecule has 4 nitrogen and oxygen atoms in total. The normalized spacial score (nSPS) is 20.2. The molecule has 86 valence electrons. The largest absolute Gasteiger partial charge is 0.341 e. The maximum absolute atomic E-state index is 5.86. The first-order chi connectivity index (χ1) is 7.27. The lowest BCUT2D eigenvalue weighted by atomic mass is 10.1. The standard InChI is InChI=1S/C11H22N4/c1-3-4-7-14-11(13-2)15-8-5-10(12)6-9-15/h7,10H,3-6,8-9,12H2,1-2H3/b13-11+,14-7-. The van der Waals surface area contributed by atoms with E-state index in [2.05, 4.69) is 21.8 Å². The molecule has 0 atom stereocenters. The van der Waals surface area contributed by atoms with Gasteiger partial charge in [0.15, 0.2) is 0 Å². The maximum atomic E-state index is 5.86. The van der Waals surface area contributed by atoms with Crippen molar-refractivity contribution in [2.45, 2.75) is 38.6 Å². The lowest BCUT2D eigenvalue weighted by Crippen LogP contribution is -2.42. The number of hydrogen-bond acceptors (Lipinski definition) is 2. The average molecular weight is 210 g/mol. The summed E-state index contributed by atoms with van der Waals surface area (Å²) in [4.78, 5) is 10.8. The lowest BCUT2D eigenvalue weighted by molar-refractivity contribution is 0.311. The fourth-order valence-corrected chi connectivity index (χ4v) is 1.66. The van der Waals surface area contributed by atoms with E-state index in [1.54, 1.807) is 7.05 Å². The molecule has 1 heterocycles. The number of aliphatic imine (C=N–C) groups is 2. The van der Waals surface area contributed by atoms with E-state index in [0.717, 1.165) is 44.7 Å². The second-order valence-corrected chi connectivity index (χ2v) is 3.95. The molecule has 0 aromatic rings. The van der Waals surface area contributed by atoms with Gasteiger partial charge in [0, 0.05) is 32.4 Å². The van der Waals surface area contributed by atoms with Crippen molar-refractivity contribution >= 4 is 12.2 Å². The van der Waals surface area contributed by atoms with Crippen molar-refractivity contribution in [1.82, 2.24) is 4.90 Å². The molecule has 0 radical (unpaired) electrons. The molecule has 4 heteroatoms. The highest BCUT2D eigenvalue weighted by Gasteiger charge is 2.17. The summed E-state index contributed by atoms with van der Waals surface area (Å²) in [5.74, 6) is 0.857. The summed E-state index contributed by atoms with van der Waals surface area (Å²) < 4.78 is 0. The molecule has 1 aliphatic rings. The van der Waals surface area contributed by atoms with Crippen molar-refractivity contribution < 1.29 is 0 Å². The Morgan fingerprint density at radius 2 is 2.13 bits per heavy atom. The van der Waals surface area contributed by atoms with Gasteiger partial charge in [-0.3, -0.25) is 4.99 Å². The molecule has 1 aliphatic heterocycles. The average Bonchev–Trinajstić information content (AvgIpc) is 2.26. The van der Waals surface area contributed by atoms with Crippen LogP contribution in [0.1, 0.15) is 32.6 Å². The molecule has 1 fully saturated rings. The molecule has 0 aromatic heterocycles. The Balaban J connectivity index is 2.45. The summed E-state index contributed by atoms with van der Waals surface area (Å²) in [6.45, 7) is 4.11. The Hall–Kier alpha value is -0.900. The maximum Gasteiger partial charge on any atom is 0.219 e. The lowest BCUT2D eigenvalue weighted by Gasteiger charge is -2.30. The van der Waals surface area contributed by atoms with E-state index in [4.69, 9.17) is 5.73 Å². The molecule has 0 bridgehead atoms. The van der Waals surface area contributed by atoms with E-state index in [9.17, 15) is 0 Å². The quantitative estimate of drug-likeness (QED) is 0.551. The third kappa shape index (κ3) is 4.00. The van der Waals surface area contributed by atoms with Gasteiger partial charge in [-0.25, -0.2) is 4.99 Å². The highest BCUT2D eigenvalue weighted by molar-refractivity contribution is 5.87. The zero-order valence-electron chi connectivity index (χ0n) is 9.82. The number of hydrogen-bond donors (Lipinski definition) is 1. The highest BCUT2D eigenvalue weighted by Crippen LogP contribution is 2.09. The molecule has 0 aromatic carbocycles. The van der Waals surface area contributed by atoms with Crippen LogP contribution in [0.5, 0.6) is 0 Å². The first-order valence-electron chi connectivity index (χ1n) is 5.77. The Kier molecular flexibility index (Phi) is 5.32. The molecule has 0 aliphatic carbocycles. The predicted molar refractivity (Wildman–Crippen MR) is 65.5 cm³/mol. The van der Waals surface area contributed by atoms with Gasteiger partial charge < -0.3 is 10.6 Å². The van der Waals surface area contributed by atoms with Gasteiger partial charge in [0.2, 0.25) is 5.96 Å². The first-order valence-corrected chi connectivity index (χ1v) is 5.77. The van der Waals surface area contributed by atoms with Gasteiger partial charge in [-0.15, -0.1) is 0 Å². The van der Waals surface area contributed by atoms with Crippen LogP contribution in [0.15, 0.2) is 9.98 Å². The number of unbranched alkanes of at least 4 members (excludes halogenated alkanes) is 1. The van der Waals surface area contributed by atoms with Crippen molar-refractivity contribution in [3.63, 3.8) is 0 Å². The molecule has 0 amide bonds. The van der Waals surface area contributed by atoms with Gasteiger partial charge in [0.1, 0.15) is 0 Å². The Bertz CT molecular complexity index is 227. The predicted octanol–water partition coefficient (Wildman–Crippen LogP) is 1.27. The number of likely N-dealkylation sites (tertiary alicyclic amines) is 1. The number of nitrogens with two attached hydrogens (primary N) is 1. The van der Waals surface area contributed by atoms with Crippen LogP contribution in [-0.4, -0.2) is 43.3 Å². The molecule has 0 spiro atoms. The highest BCUT2D eigenvalue weighted by atomic mass is 15.3. The smallest absolute Gasteiger partial charge is 0.219 e. The molecule has 2 N–H and O–H groups in total. The topological polar surface area (TPSA) is 54.0 Å². The summed E-state index contributed by atoms with van der Waals surface area (Å²) in [7, 11) is 1.80. The van der Waals surface area contributed by atoms with Crippen LogP contribution in [0, 0.1) is 0 Å². The zero-order valence-corrected chi connectivity index (χ0v) is 9.82. The third-order valence-electron chi connectivity index (χ3n) is 2.65. The van der Waals surface area contributed by atoms with Crippen LogP contribution < -0.4 is 5.73 Å². The molecule has 0 unspecified atom stereocenters. The molecular weight excluding hydrogens is 188 g/mol. The van der Waals surface area contributed by atoms with Crippen LogP contribution in [0.25, 0.3) is 0 Å². The van der Waals surface area contributed by atoms with Crippen LogP contribution in [0.3, 0.4) is 0 Å². The molecule has 1 saturated heterocycles. The summed E-state index contributed by atoms with van der Waals surface area (Å²) in [6, 6.07) is 0.360. The summed E-state index contributed by atoms with van der Waals surface area (Å²) in [6.07, 6.45) is 6.19. The number of rotatable bonds is 2. The van der Waals surface area contributed by atoms with Gasteiger partial charge >= 0.3 is 0 Å². The van der Waals surface area contributed by atoms with E-state index >= 15 is 0 Å². The van der Waals surface area contributed by atoms with E-state index in [1.807, 2.05) is 6.21 Å². The zero-order chi connectivity index (χ0) is 11.1. The summed E-state index contributed by atoms with van der Waals surface area (Å²) in [5, 5.41) is 0. The van der Waals surface area contributed by atoms with E-state index in [0.29, 0.717) is 6.04 Å². The van der Waals surface area contributed by atoms with Gasteiger partial charge in [-0.2, -0.15) is 0 Å². The molecular formula is C11H22N4. The minimum absolute atomic E-state index is 0.360. The van der Waals surface area contributed by atoms with Crippen LogP contribution in [-0.2, 0) is 0 Å². The minimum atomic E-state index is 0.360. The molecule has 0 saturated carbocycles. The van der Waals surface area contributed by atoms with Crippen LogP contribution >= 0.6 is 0 Å².